The van der Waals surface area contributed by atoms with Gasteiger partial charge >= 0.3 is 0 Å². The molecule has 0 unspecified atom stereocenters. The van der Waals surface area contributed by atoms with Crippen molar-refractivity contribution in [2.24, 2.45) is 5.73 Å². The van der Waals surface area contributed by atoms with Gasteiger partial charge in [-0.05, 0) is 14.0 Å². The van der Waals surface area contributed by atoms with E-state index in [1.54, 1.807) is 0 Å². The van der Waals surface area contributed by atoms with Gasteiger partial charge in [-0.25, -0.2) is 0 Å². The molecule has 0 heterocycles. The fraction of sp³-hybridized carbons (Fsp3) is 0.500. The summed E-state index contributed by atoms with van der Waals surface area (Å²) in [5.74, 6) is -0.781. The van der Waals surface area contributed by atoms with Crippen LogP contribution in [-0.4, -0.2) is 62.8 Å². The Morgan fingerprint density at radius 1 is 0.800 bits per heavy atom. The average molecular weight is 1030 g/mol. The van der Waals surface area contributed by atoms with Crippen molar-refractivity contribution in [2.75, 3.05) is 27.7 Å². The van der Waals surface area contributed by atoms with Crippen LogP contribution in [-0.2, 0) is 286 Å². The first-order chi connectivity index (χ1) is 9.38. The normalized spacial score (nSPS) is 5.23. The van der Waals surface area contributed by atoms with Crippen LogP contribution in [0.25, 0.3) is 0 Å². The Kier molecular flexibility index (Phi) is 196. The number of Topliss-reactive ketones (excluding diaryl/α,β-unsaturated/α-hetero) is 1. The summed E-state index contributed by atoms with van der Waals surface area (Å²) < 4.78 is 0. The first-order valence-electron chi connectivity index (χ1n) is 5.60. The van der Waals surface area contributed by atoms with E-state index >= 15 is 0 Å². The molecular formula is C14H27N3O5Y8-4. The molecule has 0 saturated heterocycles. The van der Waals surface area contributed by atoms with Gasteiger partial charge in [0, 0.05) is 276 Å². The number of carbonyl (C=O) groups is 3. The third-order valence-electron chi connectivity index (χ3n) is 1.62. The van der Waals surface area contributed by atoms with Crippen LogP contribution in [0.5, 0.6) is 0 Å². The number of hydrogen-bond donors (Lipinski definition) is 2. The zero-order valence-electron chi connectivity index (χ0n) is 18.8. The Morgan fingerprint density at radius 3 is 1.27 bits per heavy atom. The van der Waals surface area contributed by atoms with Crippen molar-refractivity contribution < 1.29 is 286 Å². The quantitative estimate of drug-likeness (QED) is 0.266. The van der Waals surface area contributed by atoms with E-state index in [4.69, 9.17) is 0 Å². The molecule has 0 aromatic heterocycles. The minimum atomic E-state index is -0.379. The van der Waals surface area contributed by atoms with Gasteiger partial charge in [0.05, 0.1) is 6.54 Å². The van der Waals surface area contributed by atoms with Crippen LogP contribution in [0, 0.1) is 14.9 Å². The predicted molar refractivity (Wildman–Crippen MR) is 85.9 cm³/mol. The second kappa shape index (κ2) is 70.5. The molecule has 0 saturated carbocycles. The van der Waals surface area contributed by atoms with Crippen molar-refractivity contribution in [1.29, 1.82) is 0 Å². The summed E-state index contributed by atoms with van der Waals surface area (Å²) in [6, 6.07) is 0. The van der Waals surface area contributed by atoms with Gasteiger partial charge in [-0.3, -0.25) is 27.0 Å². The number of nitrogens with one attached hydrogen (secondary N) is 1. The van der Waals surface area contributed by atoms with Gasteiger partial charge in [0.25, 0.3) is 0 Å². The van der Waals surface area contributed by atoms with Crippen molar-refractivity contribution in [1.82, 2.24) is 10.2 Å². The van der Waals surface area contributed by atoms with Crippen LogP contribution in [0.4, 0.5) is 0 Å². The number of rotatable bonds is 6. The summed E-state index contributed by atoms with van der Waals surface area (Å²) in [6.07, 6.45) is 2.50. The Labute approximate surface area is 384 Å². The molecule has 8 nitrogen and oxygen atoms in total. The maximum Gasteiger partial charge on any atom is 0.196 e. The molecule has 0 fully saturated rings. The zero-order chi connectivity index (χ0) is 16.6. The smallest absolute Gasteiger partial charge is 0.196 e. The summed E-state index contributed by atoms with van der Waals surface area (Å²) in [6.45, 7) is 1.44. The van der Waals surface area contributed by atoms with Crippen LogP contribution >= 0.6 is 0 Å². The molecule has 0 aliphatic carbocycles. The third kappa shape index (κ3) is 76.5. The maximum absolute atomic E-state index is 10.8. The molecule has 0 atom stereocenters. The molecule has 0 aromatic carbocycles. The molecule has 156 valence electrons. The van der Waals surface area contributed by atoms with Crippen LogP contribution in [0.1, 0.15) is 19.8 Å². The number of carbonyl (C=O) groups excluding carboxylic acids is 5. The summed E-state index contributed by atoms with van der Waals surface area (Å²) in [5.41, 5.74) is 4.50. The molecule has 16 heteroatoms. The second-order valence-corrected chi connectivity index (χ2v) is 3.27. The first kappa shape index (κ1) is 83.3. The molecular weight excluding hydrogens is 1000 g/mol. The van der Waals surface area contributed by atoms with Crippen LogP contribution in [0.2, 0.25) is 0 Å². The van der Waals surface area contributed by atoms with Gasteiger partial charge < -0.3 is 40.4 Å². The van der Waals surface area contributed by atoms with Crippen molar-refractivity contribution in [3.05, 3.63) is 14.9 Å². The number of likely N-dealkylation sites (N-methyl/N-ethyl adjacent to an activating group) is 1. The van der Waals surface area contributed by atoms with E-state index in [0.717, 1.165) is 0 Å². The topological polar surface area (TPSA) is 127 Å². The van der Waals surface area contributed by atoms with Crippen molar-refractivity contribution in [3.63, 3.8) is 0 Å². The van der Waals surface area contributed by atoms with Crippen molar-refractivity contribution in [2.45, 2.75) is 19.8 Å². The van der Waals surface area contributed by atoms with E-state index in [9.17, 15) is 24.0 Å². The molecule has 2 amide bonds. The molecule has 8 radical (unpaired) electrons. The second-order valence-electron chi connectivity index (χ2n) is 3.27. The fourth-order valence-corrected chi connectivity index (χ4v) is 0.773. The Bertz CT molecular complexity index is 345. The monoisotopic (exact) mass is 1030 g/mol. The van der Waals surface area contributed by atoms with E-state index in [2.05, 4.69) is 11.1 Å². The number of ketones is 1. The Balaban J connectivity index is -0.0000000127. The van der Waals surface area contributed by atoms with Crippen LogP contribution in [0.15, 0.2) is 0 Å². The molecule has 30 heavy (non-hydrogen) atoms. The van der Waals surface area contributed by atoms with E-state index < -0.39 is 0 Å². The molecule has 0 rings (SSSR count). The Morgan fingerprint density at radius 2 is 1.10 bits per heavy atom. The minimum Gasteiger partial charge on any atom is -0.541 e. The van der Waals surface area contributed by atoms with Crippen molar-refractivity contribution >= 4 is 30.2 Å². The van der Waals surface area contributed by atoms with Gasteiger partial charge in [-0.1, -0.05) is 12.8 Å². The largest absolute Gasteiger partial charge is 0.541 e. The molecule has 0 aliphatic rings. The van der Waals surface area contributed by atoms with Gasteiger partial charge in [0.2, 0.25) is 0 Å². The first-order valence-corrected chi connectivity index (χ1v) is 5.60. The van der Waals surface area contributed by atoms with Gasteiger partial charge in [0.1, 0.15) is 5.78 Å². The maximum atomic E-state index is 10.8. The van der Waals surface area contributed by atoms with Crippen LogP contribution < -0.4 is 11.1 Å². The number of amides is 2. The average Bonchev–Trinajstić information content (AvgIpc) is 2.41. The van der Waals surface area contributed by atoms with Crippen molar-refractivity contribution in [3.8, 4) is 0 Å². The third-order valence-corrected chi connectivity index (χ3v) is 1.62. The molecule has 0 bridgehead atoms. The predicted octanol–water partition coefficient (Wildman–Crippen LogP) is -0.779. The Hall–Kier alpha value is 6.74. The van der Waals surface area contributed by atoms with Gasteiger partial charge in [-0.15, -0.1) is 0 Å². The van der Waals surface area contributed by atoms with E-state index in [-0.39, 0.29) is 314 Å². The molecule has 0 spiro atoms. The summed E-state index contributed by atoms with van der Waals surface area (Å²) in [4.78, 5) is 51.6. The zero-order valence-corrected chi connectivity index (χ0v) is 41.5. The molecule has 0 aromatic rings. The summed E-state index contributed by atoms with van der Waals surface area (Å²) in [7, 11) is 4.45. The van der Waals surface area contributed by atoms with Crippen LogP contribution in [0.3, 0.4) is 0 Å². The standard InChI is InChI=1S/C7H10NO3.C4H6NO2.CH5N.2CH3.8Y/c1-6(10)5-8(2)7(11)3-4-9;1-5-4(7)2-3-6;1-2;;;;;;;;;;/h3,5H2,1-2H3;2H2,1H3,(H,5,7);2H2,1H3;2*1H3;;;;;;;;/q2*-1;;2*-1;;;;;;;;. The minimum absolute atomic E-state index is 0. The summed E-state index contributed by atoms with van der Waals surface area (Å²) >= 11 is 0. The molecule has 0 aliphatic heterocycles. The number of hydrogen-bond acceptors (Lipinski definition) is 6. The number of nitrogens with two attached hydrogens (primary N) is 1. The van der Waals surface area contributed by atoms with Gasteiger partial charge in [-0.2, -0.15) is 0 Å². The molecule has 3 N–H and O–H groups in total. The van der Waals surface area contributed by atoms with E-state index in [1.807, 2.05) is 0 Å². The van der Waals surface area contributed by atoms with E-state index in [0.29, 0.717) is 0 Å². The number of nitrogens with zero attached hydrogens (tertiary/aromatic N) is 1. The fourth-order valence-electron chi connectivity index (χ4n) is 0.773. The van der Waals surface area contributed by atoms with Gasteiger partial charge in [0.15, 0.2) is 11.8 Å². The SMILES string of the molecule is CC(=O)CN(C)C(=O)C[C-]=O.CN.CNC(=O)C[C-]=O.[CH3-].[CH3-].[Y].[Y].[Y].[Y].[Y].[Y].[Y].[Y]. The summed E-state index contributed by atoms with van der Waals surface area (Å²) in [5, 5.41) is 2.26. The van der Waals surface area contributed by atoms with E-state index in [1.165, 1.54) is 45.5 Å².